The Morgan fingerprint density at radius 2 is 2.04 bits per heavy atom. The first-order chi connectivity index (χ1) is 10.9. The molecule has 23 heavy (non-hydrogen) atoms. The fourth-order valence-corrected chi connectivity index (χ4v) is 3.02. The van der Waals surface area contributed by atoms with E-state index in [4.69, 9.17) is 4.74 Å². The van der Waals surface area contributed by atoms with Crippen LogP contribution in [0.5, 0.6) is 0 Å². The molecule has 0 spiro atoms. The molecule has 1 fully saturated rings. The average molecular weight is 323 g/mol. The van der Waals surface area contributed by atoms with Crippen molar-refractivity contribution in [2.75, 3.05) is 0 Å². The standard InChI is InChI=1S/C18H26FNO3/c1-12(2)23-16-8-6-15(7-9-16)20-18(22)11-17(21)13-4-3-5-14(19)10-13/h3-5,10,12,15-17,21H,6-9,11H2,1-2H3,(H,20,22). The van der Waals surface area contributed by atoms with E-state index in [0.717, 1.165) is 25.7 Å². The molecule has 4 nitrogen and oxygen atoms in total. The van der Waals surface area contributed by atoms with Crippen molar-refractivity contribution >= 4 is 5.91 Å². The molecule has 0 radical (unpaired) electrons. The number of carbonyl (C=O) groups excluding carboxylic acids is 1. The molecule has 1 unspecified atom stereocenters. The van der Waals surface area contributed by atoms with E-state index in [2.05, 4.69) is 5.32 Å². The van der Waals surface area contributed by atoms with E-state index in [1.54, 1.807) is 6.07 Å². The highest BCUT2D eigenvalue weighted by atomic mass is 19.1. The number of rotatable bonds is 6. The molecule has 1 aromatic rings. The zero-order valence-electron chi connectivity index (χ0n) is 13.8. The number of aliphatic hydroxyl groups excluding tert-OH is 1. The van der Waals surface area contributed by atoms with Crippen LogP contribution in [0.2, 0.25) is 0 Å². The van der Waals surface area contributed by atoms with Crippen LogP contribution in [0.1, 0.15) is 57.6 Å². The Morgan fingerprint density at radius 3 is 2.65 bits per heavy atom. The van der Waals surface area contributed by atoms with Crippen LogP contribution in [0.4, 0.5) is 4.39 Å². The van der Waals surface area contributed by atoms with Crippen LogP contribution in [-0.4, -0.2) is 29.3 Å². The maximum atomic E-state index is 13.1. The molecule has 0 bridgehead atoms. The van der Waals surface area contributed by atoms with Gasteiger partial charge < -0.3 is 15.2 Å². The van der Waals surface area contributed by atoms with Crippen LogP contribution >= 0.6 is 0 Å². The van der Waals surface area contributed by atoms with Gasteiger partial charge in [-0.25, -0.2) is 4.39 Å². The maximum absolute atomic E-state index is 13.1. The monoisotopic (exact) mass is 323 g/mol. The molecular weight excluding hydrogens is 297 g/mol. The van der Waals surface area contributed by atoms with E-state index in [1.807, 2.05) is 13.8 Å². The van der Waals surface area contributed by atoms with Crippen LogP contribution < -0.4 is 5.32 Å². The van der Waals surface area contributed by atoms with Gasteiger partial charge in [-0.15, -0.1) is 0 Å². The van der Waals surface area contributed by atoms with Crippen molar-refractivity contribution in [3.63, 3.8) is 0 Å². The quantitative estimate of drug-likeness (QED) is 0.846. The molecule has 2 rings (SSSR count). The Labute approximate surface area is 137 Å². The zero-order valence-corrected chi connectivity index (χ0v) is 13.8. The van der Waals surface area contributed by atoms with Gasteiger partial charge in [-0.1, -0.05) is 12.1 Å². The molecule has 0 aliphatic heterocycles. The number of hydrogen-bond donors (Lipinski definition) is 2. The normalized spacial score (nSPS) is 22.8. The maximum Gasteiger partial charge on any atom is 0.223 e. The van der Waals surface area contributed by atoms with Gasteiger partial charge in [0.05, 0.1) is 24.7 Å². The van der Waals surface area contributed by atoms with Crippen LogP contribution in [0.3, 0.4) is 0 Å². The molecule has 5 heteroatoms. The second kappa shape index (κ2) is 8.41. The predicted molar refractivity (Wildman–Crippen MR) is 86.4 cm³/mol. The fourth-order valence-electron chi connectivity index (χ4n) is 3.02. The third kappa shape index (κ3) is 5.92. The van der Waals surface area contributed by atoms with Crippen molar-refractivity contribution in [2.24, 2.45) is 0 Å². The minimum Gasteiger partial charge on any atom is -0.388 e. The van der Waals surface area contributed by atoms with E-state index in [-0.39, 0.29) is 30.6 Å². The van der Waals surface area contributed by atoms with E-state index in [1.165, 1.54) is 18.2 Å². The summed E-state index contributed by atoms with van der Waals surface area (Å²) in [5.41, 5.74) is 0.425. The zero-order chi connectivity index (χ0) is 16.8. The van der Waals surface area contributed by atoms with E-state index in [0.29, 0.717) is 5.56 Å². The molecule has 1 aliphatic rings. The Balaban J connectivity index is 1.75. The van der Waals surface area contributed by atoms with Crippen LogP contribution in [0.15, 0.2) is 24.3 Å². The lowest BCUT2D eigenvalue weighted by Gasteiger charge is -2.30. The predicted octanol–water partition coefficient (Wildman–Crippen LogP) is 3.10. The number of nitrogens with one attached hydrogen (secondary N) is 1. The van der Waals surface area contributed by atoms with E-state index in [9.17, 15) is 14.3 Å². The van der Waals surface area contributed by atoms with Gasteiger partial charge in [0.15, 0.2) is 0 Å². The molecule has 1 amide bonds. The number of amides is 1. The fraction of sp³-hybridized carbons (Fsp3) is 0.611. The topological polar surface area (TPSA) is 58.6 Å². The summed E-state index contributed by atoms with van der Waals surface area (Å²) in [6.45, 7) is 4.06. The lowest BCUT2D eigenvalue weighted by molar-refractivity contribution is -0.124. The Morgan fingerprint density at radius 1 is 1.35 bits per heavy atom. The first-order valence-corrected chi connectivity index (χ1v) is 8.32. The number of benzene rings is 1. The van der Waals surface area contributed by atoms with Crippen LogP contribution in [-0.2, 0) is 9.53 Å². The van der Waals surface area contributed by atoms with E-state index < -0.39 is 11.9 Å². The molecule has 0 saturated heterocycles. The smallest absolute Gasteiger partial charge is 0.223 e. The van der Waals surface area contributed by atoms with Crippen molar-refractivity contribution < 1.29 is 19.0 Å². The van der Waals surface area contributed by atoms with Gasteiger partial charge in [0, 0.05) is 6.04 Å². The summed E-state index contributed by atoms with van der Waals surface area (Å²) in [5, 5.41) is 13.0. The Bertz CT molecular complexity index is 513. The summed E-state index contributed by atoms with van der Waals surface area (Å²) < 4.78 is 18.9. The number of carbonyl (C=O) groups is 1. The average Bonchev–Trinajstić information content (AvgIpc) is 2.48. The molecule has 1 aromatic carbocycles. The van der Waals surface area contributed by atoms with Gasteiger partial charge in [-0.3, -0.25) is 4.79 Å². The molecule has 1 aliphatic carbocycles. The SMILES string of the molecule is CC(C)OC1CCC(NC(=O)CC(O)c2cccc(F)c2)CC1. The lowest BCUT2D eigenvalue weighted by atomic mass is 9.92. The Hall–Kier alpha value is -1.46. The molecule has 2 N–H and O–H groups in total. The van der Waals surface area contributed by atoms with Gasteiger partial charge in [-0.05, 0) is 57.2 Å². The first-order valence-electron chi connectivity index (χ1n) is 8.32. The summed E-state index contributed by atoms with van der Waals surface area (Å²) in [5.74, 6) is -0.611. The van der Waals surface area contributed by atoms with Crippen molar-refractivity contribution in [3.8, 4) is 0 Å². The van der Waals surface area contributed by atoms with Crippen molar-refractivity contribution in [1.29, 1.82) is 0 Å². The van der Waals surface area contributed by atoms with Gasteiger partial charge in [-0.2, -0.15) is 0 Å². The third-order valence-corrected chi connectivity index (χ3v) is 4.12. The van der Waals surface area contributed by atoms with Crippen LogP contribution in [0, 0.1) is 5.82 Å². The minimum absolute atomic E-state index is 0.0497. The summed E-state index contributed by atoms with van der Waals surface area (Å²) in [6, 6.07) is 5.85. The van der Waals surface area contributed by atoms with Gasteiger partial charge in [0.25, 0.3) is 0 Å². The lowest BCUT2D eigenvalue weighted by Crippen LogP contribution is -2.39. The summed E-state index contributed by atoms with van der Waals surface area (Å²) >= 11 is 0. The van der Waals surface area contributed by atoms with Crippen molar-refractivity contribution in [2.45, 2.75) is 70.3 Å². The second-order valence-corrected chi connectivity index (χ2v) is 6.50. The van der Waals surface area contributed by atoms with E-state index >= 15 is 0 Å². The number of ether oxygens (including phenoxy) is 1. The Kier molecular flexibility index (Phi) is 6.54. The molecule has 1 atom stereocenters. The highest BCUT2D eigenvalue weighted by Crippen LogP contribution is 2.23. The minimum atomic E-state index is -0.980. The summed E-state index contributed by atoms with van der Waals surface area (Å²) in [6.07, 6.45) is 3.13. The highest BCUT2D eigenvalue weighted by molar-refractivity contribution is 5.77. The van der Waals surface area contributed by atoms with Crippen molar-refractivity contribution in [1.82, 2.24) is 5.32 Å². The highest BCUT2D eigenvalue weighted by Gasteiger charge is 2.24. The summed E-state index contributed by atoms with van der Waals surface area (Å²) in [4.78, 5) is 12.0. The molecule has 0 heterocycles. The largest absolute Gasteiger partial charge is 0.388 e. The van der Waals surface area contributed by atoms with Gasteiger partial charge >= 0.3 is 0 Å². The summed E-state index contributed by atoms with van der Waals surface area (Å²) in [7, 11) is 0. The van der Waals surface area contributed by atoms with Crippen LogP contribution in [0.25, 0.3) is 0 Å². The number of halogens is 1. The number of hydrogen-bond acceptors (Lipinski definition) is 3. The first kappa shape index (κ1) is 17.9. The molecule has 0 aromatic heterocycles. The molecular formula is C18H26FNO3. The van der Waals surface area contributed by atoms with Crippen molar-refractivity contribution in [3.05, 3.63) is 35.6 Å². The second-order valence-electron chi connectivity index (χ2n) is 6.50. The third-order valence-electron chi connectivity index (χ3n) is 4.12. The number of aliphatic hydroxyl groups is 1. The molecule has 128 valence electrons. The molecule has 1 saturated carbocycles. The van der Waals surface area contributed by atoms with Gasteiger partial charge in [0.2, 0.25) is 5.91 Å². The van der Waals surface area contributed by atoms with Gasteiger partial charge in [0.1, 0.15) is 5.82 Å².